The van der Waals surface area contributed by atoms with Crippen LogP contribution in [-0.2, 0) is 0 Å². The molecule has 0 saturated heterocycles. The van der Waals surface area contributed by atoms with Gasteiger partial charge in [-0.3, -0.25) is 18.3 Å². The molecule has 0 aromatic carbocycles. The Labute approximate surface area is 432 Å². The Morgan fingerprint density at radius 1 is 0.344 bits per heavy atom. The fourth-order valence-electron chi connectivity index (χ4n) is 6.08. The summed E-state index contributed by atoms with van der Waals surface area (Å²) in [5.74, 6) is 0. The number of hydrogen-bond donors (Lipinski definition) is 0. The summed E-state index contributed by atoms with van der Waals surface area (Å²) in [6.45, 7) is 0. The normalized spacial score (nSPS) is 11.4. The van der Waals surface area contributed by atoms with Crippen LogP contribution in [0.15, 0.2) is 0 Å². The summed E-state index contributed by atoms with van der Waals surface area (Å²) in [5, 5.41) is 4.00. The summed E-state index contributed by atoms with van der Waals surface area (Å²) in [6, 6.07) is 0. The molecule has 0 aliphatic heterocycles. The molecule has 0 N–H and O–H groups in total. The second-order valence-electron chi connectivity index (χ2n) is 16.3. The topological polar surface area (TPSA) is 55.1 Å². The molecule has 0 bridgehead atoms. The van der Waals surface area contributed by atoms with Crippen LogP contribution in [-0.4, -0.2) is 407 Å². The fraction of sp³-hybridized carbons (Fsp3) is 1.00. The molecule has 17 nitrogen and oxygen atoms in total. The number of hydrogen-bond acceptors (Lipinski definition) is 17. The molecular weight excluding hydrogens is 1160 g/mol. The van der Waals surface area contributed by atoms with Crippen molar-refractivity contribution in [3.8, 4) is 0 Å². The summed E-state index contributed by atoms with van der Waals surface area (Å²) >= 11 is -3.60. The summed E-state index contributed by atoms with van der Waals surface area (Å²) in [5.41, 5.74) is 0. The maximum Gasteiger partial charge on any atom is 0 e. The molecule has 378 valence electrons. The van der Waals surface area contributed by atoms with Gasteiger partial charge in [-0.05, 0) is 84.6 Å². The zero-order valence-electron chi connectivity index (χ0n) is 45.0. The molecule has 2 radical (unpaired) electrons. The van der Waals surface area contributed by atoms with Gasteiger partial charge < -0.3 is 7.77 Å². The van der Waals surface area contributed by atoms with Crippen molar-refractivity contribution in [3.63, 3.8) is 0 Å². The van der Waals surface area contributed by atoms with Crippen LogP contribution in [0.4, 0.5) is 0 Å². The van der Waals surface area contributed by atoms with Crippen LogP contribution in [0.25, 0.3) is 0 Å². The minimum Gasteiger partial charge on any atom is 0 e. The molecule has 0 aromatic rings. The molecule has 0 rings (SSSR count). The Morgan fingerprint density at radius 2 is 0.525 bits per heavy atom. The van der Waals surface area contributed by atoms with Gasteiger partial charge in [0, 0.05) is 47.1 Å². The van der Waals surface area contributed by atoms with Gasteiger partial charge in [0.2, 0.25) is 0 Å². The maximum atomic E-state index is 2.37. The number of hydrazine groups is 1. The van der Waals surface area contributed by atoms with E-state index >= 15 is 0 Å². The average molecular weight is 1280 g/mol. The van der Waals surface area contributed by atoms with E-state index in [9.17, 15) is 0 Å². The van der Waals surface area contributed by atoms with Crippen LogP contribution in [0.1, 0.15) is 29.7 Å². The van der Waals surface area contributed by atoms with Crippen molar-refractivity contribution in [1.29, 1.82) is 0 Å². The van der Waals surface area contributed by atoms with Crippen molar-refractivity contribution in [2.45, 2.75) is 29.7 Å². The van der Waals surface area contributed by atoms with Gasteiger partial charge in [0.25, 0.3) is 0 Å². The third kappa shape index (κ3) is 46.4. The first kappa shape index (κ1) is 90.4. The van der Waals surface area contributed by atoms with Gasteiger partial charge in [-0.2, -0.15) is 0 Å². The molecular formula is C38H118AlAsBiLiN17SbSi. The quantitative estimate of drug-likeness (QED) is 0.159. The fourth-order valence-corrected chi connectivity index (χ4v) is 30.8. The molecule has 0 spiro atoms. The van der Waals surface area contributed by atoms with Crippen molar-refractivity contribution < 1.29 is 0 Å². The van der Waals surface area contributed by atoms with Gasteiger partial charge in [-0.15, -0.1) is 0 Å². The molecule has 0 fully saturated rings. The first-order chi connectivity index (χ1) is 24.9. The van der Waals surface area contributed by atoms with Gasteiger partial charge in [0.15, 0.2) is 0 Å². The van der Waals surface area contributed by atoms with Crippen molar-refractivity contribution >= 4 is 102 Å². The molecule has 0 aliphatic rings. The van der Waals surface area contributed by atoms with Crippen molar-refractivity contribution in [1.82, 2.24) is 65.2 Å². The predicted octanol–water partition coefficient (Wildman–Crippen LogP) is 0.469. The van der Waals surface area contributed by atoms with E-state index in [0.717, 1.165) is 0 Å². The Bertz CT molecular complexity index is 706. The van der Waals surface area contributed by atoms with Crippen LogP contribution in [0.3, 0.4) is 0 Å². The van der Waals surface area contributed by atoms with E-state index in [1.807, 2.05) is 38.2 Å². The summed E-state index contributed by atoms with van der Waals surface area (Å²) in [6.07, 6.45) is 0. The third-order valence-corrected chi connectivity index (χ3v) is 31.6. The average Bonchev–Trinajstić information content (AvgIpc) is 2.91. The molecule has 0 amide bonds. The van der Waals surface area contributed by atoms with Crippen molar-refractivity contribution in [3.05, 3.63) is 0 Å². The van der Waals surface area contributed by atoms with E-state index in [4.69, 9.17) is 0 Å². The Morgan fingerprint density at radius 3 is 0.525 bits per heavy atom. The third-order valence-electron chi connectivity index (χ3n) is 6.88. The van der Waals surface area contributed by atoms with E-state index in [2.05, 4.69) is 267 Å². The number of nitrogens with zero attached hydrogens (tertiary/aromatic N) is 17. The largest absolute Gasteiger partial charge is 0 e. The standard InChI is InChI=1S/C8H24N4Si.C6H18AsN3.C4H12N2.8C2H6N.4CH4.Al.Bi.Li.Sb/c1-9(2)13(10(3)4,11(5)6)12(7)8;1-8(2)7(9(3)4)10(5)6;1-5(2)6(3)4;8*1-3-2;;;;;;;;/h1-8H3;1-6H3;1-4H3;8*1-2H3;4*1H4;;;;/q;;;8*-1;;;;;+2;+3;;+3. The number of rotatable bonds is 16. The molecule has 0 unspecified atom stereocenters. The molecule has 0 heterocycles. The molecule has 23 heteroatoms. The van der Waals surface area contributed by atoms with Gasteiger partial charge in [-0.1, -0.05) is 29.7 Å². The van der Waals surface area contributed by atoms with Crippen molar-refractivity contribution in [2.24, 2.45) is 0 Å². The van der Waals surface area contributed by atoms with E-state index in [0.29, 0.717) is 15.7 Å². The van der Waals surface area contributed by atoms with E-state index in [1.54, 1.807) is 0 Å². The Kier molecular flexibility index (Phi) is 73.1. The van der Waals surface area contributed by atoms with Gasteiger partial charge in [0.05, 0.1) is 0 Å². The summed E-state index contributed by atoms with van der Waals surface area (Å²) in [4.78, 5) is 0. The minimum absolute atomic E-state index is 0. The van der Waals surface area contributed by atoms with Crippen LogP contribution in [0.2, 0.25) is 0 Å². The molecule has 0 atom stereocenters. The predicted molar refractivity (Wildman–Crippen MR) is 294 cm³/mol. The van der Waals surface area contributed by atoms with Crippen LogP contribution >= 0.6 is 0 Å². The monoisotopic (exact) mass is 1280 g/mol. The smallest absolute Gasteiger partial charge is 0 e. The second kappa shape index (κ2) is 49.4. The van der Waals surface area contributed by atoms with Crippen LogP contribution in [0, 0.1) is 0 Å². The zero-order chi connectivity index (χ0) is 46.8. The van der Waals surface area contributed by atoms with E-state index < -0.39 is 67.7 Å². The van der Waals surface area contributed by atoms with E-state index in [-0.39, 0.29) is 48.6 Å². The molecule has 0 aliphatic carbocycles. The SMILES string of the molecule is C.C.C.C.CN(C)N(C)C.CN(C)[As](N(C)C)N(C)C.CN(C)[Si](N(C)C)(N(C)C)N(C)C.C[N](C)[Al][N](C)C.C[N](C)[Bi]([N](C)C)[N](C)C.C[N](C)[Sb]([N](C)C)[N](C)C.[Li]. The maximum absolute atomic E-state index is 2.37. The van der Waals surface area contributed by atoms with Gasteiger partial charge >= 0.3 is 239 Å². The van der Waals surface area contributed by atoms with Crippen LogP contribution in [0.5, 0.6) is 0 Å². The molecule has 61 heavy (non-hydrogen) atoms. The van der Waals surface area contributed by atoms with Crippen molar-refractivity contribution in [2.75, 3.05) is 240 Å². The van der Waals surface area contributed by atoms with Gasteiger partial charge in [0.1, 0.15) is 0 Å². The Balaban J connectivity index is -0.0000000545. The Hall–Kier alpha value is 2.93. The molecule has 0 aromatic heterocycles. The summed E-state index contributed by atoms with van der Waals surface area (Å²) in [7, 11) is 70.5. The van der Waals surface area contributed by atoms with Gasteiger partial charge in [-0.25, -0.2) is 10.0 Å². The first-order valence-electron chi connectivity index (χ1n) is 18.6. The van der Waals surface area contributed by atoms with Crippen LogP contribution < -0.4 is 0 Å². The second-order valence-corrected chi connectivity index (χ2v) is 49.4. The first-order valence-corrected chi connectivity index (χ1v) is 32.0. The minimum atomic E-state index is -1.77. The molecule has 0 saturated carbocycles. The summed E-state index contributed by atoms with van der Waals surface area (Å²) < 4.78 is 34.8. The zero-order valence-corrected chi connectivity index (χ0v) is 55.1. The van der Waals surface area contributed by atoms with E-state index in [1.165, 1.54) is 0 Å².